The van der Waals surface area contributed by atoms with Crippen molar-refractivity contribution in [1.29, 1.82) is 0 Å². The molecule has 1 saturated carbocycles. The average Bonchev–Trinajstić information content (AvgIpc) is 3.18. The summed E-state index contributed by atoms with van der Waals surface area (Å²) in [5.41, 5.74) is 0. The van der Waals surface area contributed by atoms with Crippen LogP contribution in [0, 0.1) is 5.92 Å². The second-order valence-corrected chi connectivity index (χ2v) is 7.67. The lowest BCUT2D eigenvalue weighted by molar-refractivity contribution is 0.0523. The molecule has 0 amide bonds. The zero-order chi connectivity index (χ0) is 17.6. The Morgan fingerprint density at radius 1 is 1.15 bits per heavy atom. The molecule has 4 rings (SSSR count). The van der Waals surface area contributed by atoms with Gasteiger partial charge in [-0.1, -0.05) is 6.42 Å². The molecule has 0 bridgehead atoms. The van der Waals surface area contributed by atoms with Crippen molar-refractivity contribution < 1.29 is 4.74 Å². The molecule has 7 heteroatoms. The Morgan fingerprint density at radius 2 is 2.00 bits per heavy atom. The smallest absolute Gasteiger partial charge is 0.225 e. The summed E-state index contributed by atoms with van der Waals surface area (Å²) in [5, 5.41) is 7.50. The normalized spacial score (nSPS) is 30.6. The van der Waals surface area contributed by atoms with Gasteiger partial charge >= 0.3 is 0 Å². The van der Waals surface area contributed by atoms with E-state index in [4.69, 9.17) is 4.74 Å². The van der Waals surface area contributed by atoms with Gasteiger partial charge in [0, 0.05) is 70.3 Å². The van der Waals surface area contributed by atoms with Crippen molar-refractivity contribution in [2.75, 3.05) is 63.9 Å². The summed E-state index contributed by atoms with van der Waals surface area (Å²) >= 11 is 0. The van der Waals surface area contributed by atoms with Gasteiger partial charge in [0.2, 0.25) is 5.95 Å². The van der Waals surface area contributed by atoms with Crippen LogP contribution in [0.4, 0.5) is 5.95 Å². The number of rotatable bonds is 6. The van der Waals surface area contributed by atoms with Crippen LogP contribution in [0.25, 0.3) is 0 Å². The standard InChI is InChI=1S/C19H32N6O/c1-3-16(18-15-26-14-8-21-18)17(4-1)20-7-9-24-10-12-25(13-11-24)19-22-5-2-6-23-19/h2,5-6,16-18,20-21H,1,3-4,7-15H2. The molecule has 0 spiro atoms. The summed E-state index contributed by atoms with van der Waals surface area (Å²) < 4.78 is 5.68. The van der Waals surface area contributed by atoms with Crippen LogP contribution in [0.5, 0.6) is 0 Å². The maximum Gasteiger partial charge on any atom is 0.225 e. The molecule has 26 heavy (non-hydrogen) atoms. The van der Waals surface area contributed by atoms with E-state index in [2.05, 4.69) is 30.4 Å². The van der Waals surface area contributed by atoms with Gasteiger partial charge in [-0.25, -0.2) is 9.97 Å². The summed E-state index contributed by atoms with van der Waals surface area (Å²) in [6.45, 7) is 9.16. The summed E-state index contributed by atoms with van der Waals surface area (Å²) in [6.07, 6.45) is 7.62. The number of ether oxygens (including phenoxy) is 1. The fourth-order valence-corrected chi connectivity index (χ4v) is 4.62. The Labute approximate surface area is 156 Å². The molecule has 2 saturated heterocycles. The highest BCUT2D eigenvalue weighted by Gasteiger charge is 2.34. The molecule has 3 aliphatic rings. The summed E-state index contributed by atoms with van der Waals surface area (Å²) in [7, 11) is 0. The maximum absolute atomic E-state index is 5.68. The van der Waals surface area contributed by atoms with E-state index in [1.165, 1.54) is 19.3 Å². The summed E-state index contributed by atoms with van der Waals surface area (Å²) in [4.78, 5) is 13.6. The minimum absolute atomic E-state index is 0.540. The highest BCUT2D eigenvalue weighted by atomic mass is 16.5. The number of aromatic nitrogens is 2. The van der Waals surface area contributed by atoms with E-state index < -0.39 is 0 Å². The number of hydrogen-bond donors (Lipinski definition) is 2. The topological polar surface area (TPSA) is 65.6 Å². The quantitative estimate of drug-likeness (QED) is 0.759. The van der Waals surface area contributed by atoms with Crippen molar-refractivity contribution in [3.05, 3.63) is 18.5 Å². The summed E-state index contributed by atoms with van der Waals surface area (Å²) in [6, 6.07) is 3.06. The zero-order valence-corrected chi connectivity index (χ0v) is 15.6. The van der Waals surface area contributed by atoms with E-state index in [1.54, 1.807) is 0 Å². The lowest BCUT2D eigenvalue weighted by Gasteiger charge is -2.36. The molecular formula is C19H32N6O. The van der Waals surface area contributed by atoms with Crippen LogP contribution in [-0.2, 0) is 4.74 Å². The number of hydrogen-bond acceptors (Lipinski definition) is 7. The van der Waals surface area contributed by atoms with Crippen LogP contribution in [-0.4, -0.2) is 86.0 Å². The molecular weight excluding hydrogens is 328 g/mol. The van der Waals surface area contributed by atoms with Crippen molar-refractivity contribution in [3.8, 4) is 0 Å². The lowest BCUT2D eigenvalue weighted by Crippen LogP contribution is -2.52. The zero-order valence-electron chi connectivity index (χ0n) is 15.6. The molecule has 2 N–H and O–H groups in total. The van der Waals surface area contributed by atoms with Crippen LogP contribution in [0.1, 0.15) is 19.3 Å². The van der Waals surface area contributed by atoms with Gasteiger partial charge < -0.3 is 20.3 Å². The van der Waals surface area contributed by atoms with Crippen molar-refractivity contribution in [2.45, 2.75) is 31.3 Å². The van der Waals surface area contributed by atoms with Crippen molar-refractivity contribution in [3.63, 3.8) is 0 Å². The first kappa shape index (κ1) is 18.1. The molecule has 1 aromatic heterocycles. The Bertz CT molecular complexity index is 530. The number of morpholine rings is 1. The second-order valence-electron chi connectivity index (χ2n) is 7.67. The highest BCUT2D eigenvalue weighted by Crippen LogP contribution is 2.29. The van der Waals surface area contributed by atoms with Gasteiger partial charge in [0.25, 0.3) is 0 Å². The van der Waals surface area contributed by atoms with E-state index in [0.717, 1.165) is 70.9 Å². The van der Waals surface area contributed by atoms with Crippen molar-refractivity contribution in [1.82, 2.24) is 25.5 Å². The molecule has 0 aromatic carbocycles. The third kappa shape index (κ3) is 4.52. The fourth-order valence-electron chi connectivity index (χ4n) is 4.62. The Balaban J connectivity index is 1.17. The van der Waals surface area contributed by atoms with Gasteiger partial charge in [-0.15, -0.1) is 0 Å². The lowest BCUT2D eigenvalue weighted by atomic mass is 9.94. The van der Waals surface area contributed by atoms with E-state index in [1.807, 2.05) is 18.5 Å². The van der Waals surface area contributed by atoms with Crippen LogP contribution in [0.2, 0.25) is 0 Å². The van der Waals surface area contributed by atoms with Gasteiger partial charge in [0.15, 0.2) is 0 Å². The molecule has 0 radical (unpaired) electrons. The largest absolute Gasteiger partial charge is 0.379 e. The third-order valence-electron chi connectivity index (χ3n) is 6.08. The molecule has 1 aromatic rings. The van der Waals surface area contributed by atoms with E-state index in [9.17, 15) is 0 Å². The molecule has 3 unspecified atom stereocenters. The van der Waals surface area contributed by atoms with Crippen molar-refractivity contribution >= 4 is 5.95 Å². The first-order valence-electron chi connectivity index (χ1n) is 10.2. The van der Waals surface area contributed by atoms with Crippen LogP contribution in [0.3, 0.4) is 0 Å². The van der Waals surface area contributed by atoms with Crippen LogP contribution >= 0.6 is 0 Å². The molecule has 1 aliphatic carbocycles. The molecule has 3 heterocycles. The molecule has 3 fully saturated rings. The molecule has 7 nitrogen and oxygen atoms in total. The number of nitrogens with one attached hydrogen (secondary N) is 2. The molecule has 2 aliphatic heterocycles. The summed E-state index contributed by atoms with van der Waals surface area (Å²) in [5.74, 6) is 1.59. The number of anilines is 1. The average molecular weight is 361 g/mol. The number of nitrogens with zero attached hydrogens (tertiary/aromatic N) is 4. The van der Waals surface area contributed by atoms with Gasteiger partial charge in [-0.05, 0) is 24.8 Å². The third-order valence-corrected chi connectivity index (χ3v) is 6.08. The van der Waals surface area contributed by atoms with Gasteiger partial charge in [-0.3, -0.25) is 4.90 Å². The SMILES string of the molecule is c1cnc(N2CCN(CCNC3CCCC3C3COCCN3)CC2)nc1. The Hall–Kier alpha value is -1.28. The Morgan fingerprint density at radius 3 is 2.77 bits per heavy atom. The van der Waals surface area contributed by atoms with Gasteiger partial charge in [0.05, 0.1) is 13.2 Å². The van der Waals surface area contributed by atoms with Gasteiger partial charge in [-0.2, -0.15) is 0 Å². The van der Waals surface area contributed by atoms with Crippen LogP contribution in [0.15, 0.2) is 18.5 Å². The predicted octanol–water partition coefficient (Wildman–Crippen LogP) is 0.345. The first-order chi connectivity index (χ1) is 12.9. The maximum atomic E-state index is 5.68. The number of piperazine rings is 1. The van der Waals surface area contributed by atoms with Crippen molar-refractivity contribution in [2.24, 2.45) is 5.92 Å². The molecule has 3 atom stereocenters. The van der Waals surface area contributed by atoms with Crippen LogP contribution < -0.4 is 15.5 Å². The minimum atomic E-state index is 0.540. The molecule has 144 valence electrons. The minimum Gasteiger partial charge on any atom is -0.379 e. The predicted molar refractivity (Wildman–Crippen MR) is 102 cm³/mol. The first-order valence-corrected chi connectivity index (χ1v) is 10.2. The highest BCUT2D eigenvalue weighted by molar-refractivity contribution is 5.29. The van der Waals surface area contributed by atoms with E-state index in [0.29, 0.717) is 12.1 Å². The fraction of sp³-hybridized carbons (Fsp3) is 0.789. The monoisotopic (exact) mass is 360 g/mol. The Kier molecular flexibility index (Phi) is 6.32. The second kappa shape index (κ2) is 9.08. The van der Waals surface area contributed by atoms with E-state index >= 15 is 0 Å². The van der Waals surface area contributed by atoms with E-state index in [-0.39, 0.29) is 0 Å². The van der Waals surface area contributed by atoms with Gasteiger partial charge in [0.1, 0.15) is 0 Å².